The summed E-state index contributed by atoms with van der Waals surface area (Å²) in [5.74, 6) is 5.91. The molecule has 0 N–H and O–H groups in total. The third kappa shape index (κ3) is 7.50. The summed E-state index contributed by atoms with van der Waals surface area (Å²) in [6.07, 6.45) is 2.14. The molecule has 1 aliphatic rings. The van der Waals surface area contributed by atoms with E-state index in [0.717, 1.165) is 43.6 Å². The first-order valence-corrected chi connectivity index (χ1v) is 11.0. The van der Waals surface area contributed by atoms with Crippen LogP contribution in [0.5, 0.6) is 0 Å². The molecule has 0 aromatic heterocycles. The molecule has 5 heteroatoms. The molecule has 1 fully saturated rings. The highest BCUT2D eigenvalue weighted by Crippen LogP contribution is 2.20. The third-order valence-corrected chi connectivity index (χ3v) is 5.63. The highest BCUT2D eigenvalue weighted by atomic mass is 19.1. The van der Waals surface area contributed by atoms with Crippen LogP contribution in [0.25, 0.3) is 0 Å². The Bertz CT molecular complexity index is 904. The number of halogens is 1. The van der Waals surface area contributed by atoms with Gasteiger partial charge in [-0.1, -0.05) is 42.3 Å². The Hall–Kier alpha value is -2.68. The van der Waals surface area contributed by atoms with E-state index >= 15 is 0 Å². The molecule has 0 saturated carbocycles. The molecule has 0 spiro atoms. The minimum atomic E-state index is -0.149. The number of rotatable bonds is 7. The van der Waals surface area contributed by atoms with Crippen LogP contribution >= 0.6 is 0 Å². The Kier molecular flexibility index (Phi) is 8.63. The summed E-state index contributed by atoms with van der Waals surface area (Å²) >= 11 is 0. The second kappa shape index (κ2) is 11.6. The molecular weight excluding hydrogens is 389 g/mol. The van der Waals surface area contributed by atoms with Gasteiger partial charge in [-0.15, -0.1) is 0 Å². The van der Waals surface area contributed by atoms with Crippen LogP contribution in [0.2, 0.25) is 0 Å². The molecular formula is C26H32FN3O. The lowest BCUT2D eigenvalue weighted by molar-refractivity contribution is -0.126. The van der Waals surface area contributed by atoms with Crippen molar-refractivity contribution in [3.63, 3.8) is 0 Å². The molecule has 0 unspecified atom stereocenters. The summed E-state index contributed by atoms with van der Waals surface area (Å²) in [5, 5.41) is 0. The molecule has 1 aliphatic heterocycles. The van der Waals surface area contributed by atoms with Crippen molar-refractivity contribution >= 4 is 5.91 Å². The van der Waals surface area contributed by atoms with Gasteiger partial charge in [-0.3, -0.25) is 9.69 Å². The van der Waals surface area contributed by atoms with E-state index < -0.39 is 0 Å². The molecule has 4 nitrogen and oxygen atoms in total. The smallest absolute Gasteiger partial charge is 0.298 e. The predicted molar refractivity (Wildman–Crippen MR) is 123 cm³/mol. The van der Waals surface area contributed by atoms with Crippen LogP contribution in [0.4, 0.5) is 4.39 Å². The molecule has 1 heterocycles. The van der Waals surface area contributed by atoms with E-state index in [2.05, 4.69) is 21.6 Å². The summed E-state index contributed by atoms with van der Waals surface area (Å²) in [7, 11) is 4.02. The average molecular weight is 422 g/mol. The molecule has 1 amide bonds. The quantitative estimate of drug-likeness (QED) is 0.641. The number of benzene rings is 2. The lowest BCUT2D eigenvalue weighted by atomic mass is 9.96. The van der Waals surface area contributed by atoms with Crippen LogP contribution in [0.1, 0.15) is 24.0 Å². The Morgan fingerprint density at radius 1 is 1.10 bits per heavy atom. The van der Waals surface area contributed by atoms with Crippen molar-refractivity contribution in [1.29, 1.82) is 0 Å². The van der Waals surface area contributed by atoms with E-state index in [4.69, 9.17) is 0 Å². The summed E-state index contributed by atoms with van der Waals surface area (Å²) in [4.78, 5) is 19.2. The predicted octanol–water partition coefficient (Wildman–Crippen LogP) is 3.48. The molecule has 164 valence electrons. The number of hydrogen-bond donors (Lipinski definition) is 0. The Morgan fingerprint density at radius 3 is 2.58 bits per heavy atom. The van der Waals surface area contributed by atoms with Gasteiger partial charge in [-0.05, 0) is 57.6 Å². The number of hydrogen-bond acceptors (Lipinski definition) is 3. The van der Waals surface area contributed by atoms with Crippen LogP contribution in [0.15, 0.2) is 54.6 Å². The Balaban J connectivity index is 1.63. The van der Waals surface area contributed by atoms with Gasteiger partial charge in [-0.2, -0.15) is 0 Å². The number of carbonyl (C=O) groups excluding carboxylic acids is 1. The van der Waals surface area contributed by atoms with Crippen molar-refractivity contribution in [3.05, 3.63) is 71.5 Å². The fraction of sp³-hybridized carbons (Fsp3) is 0.423. The van der Waals surface area contributed by atoms with Crippen LogP contribution in [-0.4, -0.2) is 67.4 Å². The lowest BCUT2D eigenvalue weighted by Crippen LogP contribution is -2.44. The van der Waals surface area contributed by atoms with E-state index in [1.807, 2.05) is 61.5 Å². The monoisotopic (exact) mass is 421 g/mol. The molecule has 2 aromatic rings. The average Bonchev–Trinajstić information content (AvgIpc) is 2.77. The SMILES string of the molecule is CN(C)CCN(C[C@H]1CCCN(Cc2ccccc2F)C1)C(=O)C#Cc1ccccc1. The summed E-state index contributed by atoms with van der Waals surface area (Å²) < 4.78 is 14.1. The number of likely N-dealkylation sites (N-methyl/N-ethyl adjacent to an activating group) is 1. The van der Waals surface area contributed by atoms with Gasteiger partial charge in [0, 0.05) is 49.8 Å². The topological polar surface area (TPSA) is 26.8 Å². The zero-order valence-electron chi connectivity index (χ0n) is 18.6. The van der Waals surface area contributed by atoms with E-state index in [-0.39, 0.29) is 11.7 Å². The molecule has 2 aromatic carbocycles. The molecule has 1 saturated heterocycles. The Labute approximate surface area is 185 Å². The molecule has 0 bridgehead atoms. The van der Waals surface area contributed by atoms with Crippen molar-refractivity contribution < 1.29 is 9.18 Å². The van der Waals surface area contributed by atoms with Crippen LogP contribution in [0, 0.1) is 23.6 Å². The number of likely N-dealkylation sites (tertiary alicyclic amines) is 1. The van der Waals surface area contributed by atoms with Crippen molar-refractivity contribution in [2.24, 2.45) is 5.92 Å². The van der Waals surface area contributed by atoms with Gasteiger partial charge in [0.1, 0.15) is 5.82 Å². The van der Waals surface area contributed by atoms with Crippen LogP contribution in [0.3, 0.4) is 0 Å². The number of piperidine rings is 1. The van der Waals surface area contributed by atoms with Gasteiger partial charge in [0.2, 0.25) is 0 Å². The van der Waals surface area contributed by atoms with Crippen LogP contribution in [-0.2, 0) is 11.3 Å². The van der Waals surface area contributed by atoms with Crippen molar-refractivity contribution in [2.45, 2.75) is 19.4 Å². The first-order chi connectivity index (χ1) is 15.0. The minimum Gasteiger partial charge on any atom is -0.330 e. The highest BCUT2D eigenvalue weighted by Gasteiger charge is 2.24. The van der Waals surface area contributed by atoms with Crippen molar-refractivity contribution in [3.8, 4) is 11.8 Å². The third-order valence-electron chi connectivity index (χ3n) is 5.63. The van der Waals surface area contributed by atoms with E-state index in [1.54, 1.807) is 6.07 Å². The zero-order chi connectivity index (χ0) is 22.1. The second-order valence-electron chi connectivity index (χ2n) is 8.51. The first-order valence-electron chi connectivity index (χ1n) is 11.0. The number of carbonyl (C=O) groups is 1. The fourth-order valence-corrected chi connectivity index (χ4v) is 3.95. The summed E-state index contributed by atoms with van der Waals surface area (Å²) in [5.41, 5.74) is 1.58. The molecule has 0 radical (unpaired) electrons. The first kappa shape index (κ1) is 23.0. The Morgan fingerprint density at radius 2 is 1.84 bits per heavy atom. The van der Waals surface area contributed by atoms with E-state index in [0.29, 0.717) is 25.6 Å². The number of nitrogens with zero attached hydrogens (tertiary/aromatic N) is 3. The van der Waals surface area contributed by atoms with E-state index in [9.17, 15) is 9.18 Å². The molecule has 31 heavy (non-hydrogen) atoms. The van der Waals surface area contributed by atoms with Gasteiger partial charge >= 0.3 is 0 Å². The highest BCUT2D eigenvalue weighted by molar-refractivity contribution is 5.94. The van der Waals surface area contributed by atoms with Crippen molar-refractivity contribution in [2.75, 3.05) is 46.8 Å². The maximum Gasteiger partial charge on any atom is 0.298 e. The van der Waals surface area contributed by atoms with Crippen molar-refractivity contribution in [1.82, 2.24) is 14.7 Å². The number of amides is 1. The van der Waals surface area contributed by atoms with Gasteiger partial charge in [0.15, 0.2) is 0 Å². The molecule has 0 aliphatic carbocycles. The minimum absolute atomic E-state index is 0.128. The second-order valence-corrected chi connectivity index (χ2v) is 8.51. The maximum atomic E-state index is 14.1. The summed E-state index contributed by atoms with van der Waals surface area (Å²) in [6.45, 7) is 4.58. The fourth-order valence-electron chi connectivity index (χ4n) is 3.95. The lowest BCUT2D eigenvalue weighted by Gasteiger charge is -2.35. The van der Waals surface area contributed by atoms with Gasteiger partial charge < -0.3 is 9.80 Å². The van der Waals surface area contributed by atoms with Gasteiger partial charge in [0.05, 0.1) is 0 Å². The maximum absolute atomic E-state index is 14.1. The largest absolute Gasteiger partial charge is 0.330 e. The normalized spacial score (nSPS) is 16.6. The van der Waals surface area contributed by atoms with Crippen LogP contribution < -0.4 is 0 Å². The summed E-state index contributed by atoms with van der Waals surface area (Å²) in [6, 6.07) is 16.6. The zero-order valence-corrected chi connectivity index (χ0v) is 18.6. The molecule has 1 atom stereocenters. The van der Waals surface area contributed by atoms with E-state index in [1.165, 1.54) is 6.07 Å². The molecule has 3 rings (SSSR count). The van der Waals surface area contributed by atoms with Gasteiger partial charge in [0.25, 0.3) is 5.91 Å². The van der Waals surface area contributed by atoms with Gasteiger partial charge in [-0.25, -0.2) is 4.39 Å². The standard InChI is InChI=1S/C26H32FN3O/c1-28(2)17-18-30(26(31)15-14-22-9-4-3-5-10-22)20-23-11-8-16-29(19-23)21-24-12-6-7-13-25(24)27/h3-7,9-10,12-13,23H,8,11,16-21H2,1-2H3/t23-/m0/s1.